The monoisotopic (exact) mass is 484 g/mol. The van der Waals surface area contributed by atoms with E-state index in [1.165, 1.54) is 23.5 Å². The molecule has 8 heteroatoms. The lowest BCUT2D eigenvalue weighted by Crippen LogP contribution is -2.12. The zero-order valence-electron chi connectivity index (χ0n) is 13.1. The fourth-order valence-corrected chi connectivity index (χ4v) is 3.86. The molecule has 0 saturated heterocycles. The minimum atomic E-state index is -3.36. The van der Waals surface area contributed by atoms with Crippen molar-refractivity contribution in [1.82, 2.24) is 4.98 Å². The molecule has 0 radical (unpaired) electrons. The molecule has 0 aliphatic rings. The number of amides is 1. The van der Waals surface area contributed by atoms with E-state index in [2.05, 4.69) is 32.9 Å². The highest BCUT2D eigenvalue weighted by atomic mass is 127. The van der Waals surface area contributed by atoms with Gasteiger partial charge >= 0.3 is 0 Å². The molecular formula is C17H13IN2O3S2. The molecule has 1 amide bonds. The van der Waals surface area contributed by atoms with Crippen molar-refractivity contribution in [2.75, 3.05) is 11.6 Å². The van der Waals surface area contributed by atoms with Crippen molar-refractivity contribution in [1.29, 1.82) is 0 Å². The van der Waals surface area contributed by atoms with Gasteiger partial charge in [-0.25, -0.2) is 13.4 Å². The summed E-state index contributed by atoms with van der Waals surface area (Å²) < 4.78 is 24.4. The Balaban J connectivity index is 1.79. The summed E-state index contributed by atoms with van der Waals surface area (Å²) in [7, 11) is -3.36. The maximum atomic E-state index is 12.3. The molecule has 2 aromatic carbocycles. The Bertz CT molecular complexity index is 1030. The number of thiazole rings is 1. The number of carbonyl (C=O) groups excluding carboxylic acids is 1. The fourth-order valence-electron chi connectivity index (χ4n) is 2.12. The van der Waals surface area contributed by atoms with Crippen LogP contribution >= 0.6 is 33.9 Å². The Hall–Kier alpha value is -1.78. The normalized spacial score (nSPS) is 11.3. The molecule has 0 atom stereocenters. The van der Waals surface area contributed by atoms with Gasteiger partial charge < -0.3 is 0 Å². The predicted octanol–water partition coefficient (Wildman–Crippen LogP) is 4.07. The van der Waals surface area contributed by atoms with E-state index >= 15 is 0 Å². The minimum absolute atomic E-state index is 0.110. The average Bonchev–Trinajstić information content (AvgIpc) is 3.03. The summed E-state index contributed by atoms with van der Waals surface area (Å²) >= 11 is 3.55. The second-order valence-corrected chi connectivity index (χ2v) is 9.42. The van der Waals surface area contributed by atoms with E-state index in [1.807, 2.05) is 29.6 Å². The van der Waals surface area contributed by atoms with E-state index in [9.17, 15) is 13.2 Å². The molecule has 3 rings (SSSR count). The van der Waals surface area contributed by atoms with Crippen LogP contribution in [-0.4, -0.2) is 25.6 Å². The maximum Gasteiger partial charge on any atom is 0.257 e. The molecule has 1 N–H and O–H groups in total. The Morgan fingerprint density at radius 2 is 1.88 bits per heavy atom. The van der Waals surface area contributed by atoms with Gasteiger partial charge in [-0.3, -0.25) is 10.1 Å². The zero-order valence-corrected chi connectivity index (χ0v) is 16.9. The second kappa shape index (κ2) is 7.22. The number of nitrogens with one attached hydrogen (secondary N) is 1. The van der Waals surface area contributed by atoms with Gasteiger partial charge in [-0.2, -0.15) is 0 Å². The third-order valence-electron chi connectivity index (χ3n) is 3.39. The van der Waals surface area contributed by atoms with Gasteiger partial charge in [-0.05, 0) is 52.9 Å². The summed E-state index contributed by atoms with van der Waals surface area (Å²) in [4.78, 5) is 16.9. The van der Waals surface area contributed by atoms with E-state index in [0.29, 0.717) is 5.13 Å². The summed E-state index contributed by atoms with van der Waals surface area (Å²) in [5.74, 6) is -0.394. The highest BCUT2D eigenvalue weighted by Crippen LogP contribution is 2.26. The molecular weight excluding hydrogens is 471 g/mol. The van der Waals surface area contributed by atoms with Crippen molar-refractivity contribution in [3.8, 4) is 11.3 Å². The maximum absolute atomic E-state index is 12.3. The summed E-state index contributed by atoms with van der Waals surface area (Å²) in [5.41, 5.74) is 2.02. The molecule has 0 spiro atoms. The van der Waals surface area contributed by atoms with Crippen LogP contribution in [-0.2, 0) is 9.84 Å². The van der Waals surface area contributed by atoms with Crippen LogP contribution in [0.3, 0.4) is 0 Å². The summed E-state index contributed by atoms with van der Waals surface area (Å²) in [6.45, 7) is 0. The molecule has 0 aliphatic carbocycles. The van der Waals surface area contributed by atoms with Crippen LogP contribution < -0.4 is 5.32 Å². The Labute approximate surface area is 163 Å². The topological polar surface area (TPSA) is 76.1 Å². The third-order valence-corrected chi connectivity index (χ3v) is 5.98. The van der Waals surface area contributed by atoms with Gasteiger partial charge in [0.25, 0.3) is 5.91 Å². The standard InChI is InChI=1S/C17H13IN2O3S2/c1-25(22,23)14-4-2-3-12(9-14)16(21)20-17-19-15(10-24-17)11-5-7-13(18)8-6-11/h2-10H,1H3,(H,19,20,21). The van der Waals surface area contributed by atoms with E-state index in [0.717, 1.165) is 21.1 Å². The summed E-state index contributed by atoms with van der Waals surface area (Å²) in [5, 5.41) is 5.04. The SMILES string of the molecule is CS(=O)(=O)c1cccc(C(=O)Nc2nc(-c3ccc(I)cc3)cs2)c1. The lowest BCUT2D eigenvalue weighted by molar-refractivity contribution is 0.102. The first-order chi connectivity index (χ1) is 11.8. The van der Waals surface area contributed by atoms with Crippen LogP contribution in [0.1, 0.15) is 10.4 Å². The van der Waals surface area contributed by atoms with Crippen LogP contribution in [0.5, 0.6) is 0 Å². The third kappa shape index (κ3) is 4.44. The molecule has 25 heavy (non-hydrogen) atoms. The number of nitrogens with zero attached hydrogens (tertiary/aromatic N) is 1. The molecule has 1 heterocycles. The van der Waals surface area contributed by atoms with Gasteiger partial charge in [-0.15, -0.1) is 11.3 Å². The lowest BCUT2D eigenvalue weighted by Gasteiger charge is -2.04. The second-order valence-electron chi connectivity index (χ2n) is 5.30. The highest BCUT2D eigenvalue weighted by molar-refractivity contribution is 14.1. The van der Waals surface area contributed by atoms with Gasteiger partial charge in [0, 0.05) is 26.3 Å². The van der Waals surface area contributed by atoms with Crippen LogP contribution in [0.25, 0.3) is 11.3 Å². The number of carbonyl (C=O) groups is 1. The molecule has 0 fully saturated rings. The van der Waals surface area contributed by atoms with Gasteiger partial charge in [0.15, 0.2) is 15.0 Å². The average molecular weight is 484 g/mol. The number of anilines is 1. The first-order valence-electron chi connectivity index (χ1n) is 7.16. The number of benzene rings is 2. The minimum Gasteiger partial charge on any atom is -0.298 e. The van der Waals surface area contributed by atoms with Crippen molar-refractivity contribution < 1.29 is 13.2 Å². The van der Waals surface area contributed by atoms with E-state index < -0.39 is 15.7 Å². The summed E-state index contributed by atoms with van der Waals surface area (Å²) in [6, 6.07) is 13.9. The molecule has 0 saturated carbocycles. The quantitative estimate of drug-likeness (QED) is 0.567. The van der Waals surface area contributed by atoms with Crippen molar-refractivity contribution in [2.24, 2.45) is 0 Å². The van der Waals surface area contributed by atoms with E-state index in [-0.39, 0.29) is 10.5 Å². The van der Waals surface area contributed by atoms with Gasteiger partial charge in [0.1, 0.15) is 0 Å². The van der Waals surface area contributed by atoms with Gasteiger partial charge in [-0.1, -0.05) is 18.2 Å². The van der Waals surface area contributed by atoms with Crippen LogP contribution in [0.2, 0.25) is 0 Å². The number of hydrogen-bond donors (Lipinski definition) is 1. The van der Waals surface area contributed by atoms with Gasteiger partial charge in [0.05, 0.1) is 10.6 Å². The van der Waals surface area contributed by atoms with Crippen molar-refractivity contribution in [2.45, 2.75) is 4.90 Å². The molecule has 0 bridgehead atoms. The largest absolute Gasteiger partial charge is 0.298 e. The number of aromatic nitrogens is 1. The van der Waals surface area contributed by atoms with Gasteiger partial charge in [0.2, 0.25) is 0 Å². The first kappa shape index (κ1) is 18.0. The van der Waals surface area contributed by atoms with E-state index in [1.54, 1.807) is 12.1 Å². The zero-order chi connectivity index (χ0) is 18.0. The molecule has 1 aromatic heterocycles. The Morgan fingerprint density at radius 1 is 1.16 bits per heavy atom. The van der Waals surface area contributed by atoms with E-state index in [4.69, 9.17) is 0 Å². The molecule has 128 valence electrons. The predicted molar refractivity (Wildman–Crippen MR) is 108 cm³/mol. The van der Waals surface area contributed by atoms with Crippen LogP contribution in [0.15, 0.2) is 58.8 Å². The highest BCUT2D eigenvalue weighted by Gasteiger charge is 2.13. The lowest BCUT2D eigenvalue weighted by atomic mass is 10.2. The number of rotatable bonds is 4. The summed E-state index contributed by atoms with van der Waals surface area (Å²) in [6.07, 6.45) is 1.11. The molecule has 3 aromatic rings. The number of hydrogen-bond acceptors (Lipinski definition) is 5. The van der Waals surface area contributed by atoms with Crippen molar-refractivity contribution >= 4 is 54.8 Å². The number of sulfone groups is 1. The molecule has 0 unspecified atom stereocenters. The first-order valence-corrected chi connectivity index (χ1v) is 11.0. The fraction of sp³-hybridized carbons (Fsp3) is 0.0588. The Kier molecular flexibility index (Phi) is 5.21. The van der Waals surface area contributed by atoms with Crippen LogP contribution in [0.4, 0.5) is 5.13 Å². The van der Waals surface area contributed by atoms with Crippen LogP contribution in [0, 0.1) is 3.57 Å². The Morgan fingerprint density at radius 3 is 2.56 bits per heavy atom. The molecule has 5 nitrogen and oxygen atoms in total. The number of halogens is 1. The van der Waals surface area contributed by atoms with Crippen molar-refractivity contribution in [3.05, 3.63) is 63.0 Å². The molecule has 0 aliphatic heterocycles. The van der Waals surface area contributed by atoms with Crippen molar-refractivity contribution in [3.63, 3.8) is 0 Å². The smallest absolute Gasteiger partial charge is 0.257 e.